The average molecular weight is 255 g/mol. The molecule has 1 nitrogen and oxygen atoms in total. The summed E-state index contributed by atoms with van der Waals surface area (Å²) in [5.41, 5.74) is 6.80. The van der Waals surface area contributed by atoms with E-state index in [1.165, 1.54) is 40.8 Å². The molecule has 0 saturated heterocycles. The molecule has 0 aromatic rings. The van der Waals surface area contributed by atoms with Crippen molar-refractivity contribution in [3.05, 3.63) is 59.4 Å². The van der Waals surface area contributed by atoms with Crippen LogP contribution in [-0.2, 0) is 0 Å². The lowest BCUT2D eigenvalue weighted by atomic mass is 9.86. The van der Waals surface area contributed by atoms with Crippen LogP contribution in [0.25, 0.3) is 0 Å². The van der Waals surface area contributed by atoms with Crippen molar-refractivity contribution in [3.63, 3.8) is 0 Å². The number of likely N-dealkylation sites (N-methyl/N-ethyl adjacent to an activating group) is 1. The summed E-state index contributed by atoms with van der Waals surface area (Å²) in [6, 6.07) is 0. The van der Waals surface area contributed by atoms with Gasteiger partial charge in [-0.15, -0.1) is 0 Å². The Hall–Kier alpha value is -1.50. The average Bonchev–Trinajstić information content (AvgIpc) is 2.46. The predicted molar refractivity (Wildman–Crippen MR) is 83.9 cm³/mol. The molecule has 1 aliphatic heterocycles. The molecular formula is C18H25N. The lowest BCUT2D eigenvalue weighted by Crippen LogP contribution is -2.28. The number of hydrogen-bond acceptors (Lipinski definition) is 1. The van der Waals surface area contributed by atoms with Crippen molar-refractivity contribution in [1.82, 2.24) is 4.90 Å². The maximum absolute atomic E-state index is 4.36. The molecule has 1 heteroatoms. The summed E-state index contributed by atoms with van der Waals surface area (Å²) < 4.78 is 0. The van der Waals surface area contributed by atoms with Gasteiger partial charge in [-0.2, -0.15) is 0 Å². The Labute approximate surface area is 117 Å². The maximum atomic E-state index is 4.36. The molecule has 1 aliphatic carbocycles. The van der Waals surface area contributed by atoms with Crippen molar-refractivity contribution in [1.29, 1.82) is 0 Å². The quantitative estimate of drug-likeness (QED) is 0.699. The van der Waals surface area contributed by atoms with Crippen molar-refractivity contribution in [2.75, 3.05) is 13.1 Å². The largest absolute Gasteiger partial charge is 0.372 e. The van der Waals surface area contributed by atoms with E-state index in [9.17, 15) is 0 Å². The minimum Gasteiger partial charge on any atom is -0.372 e. The van der Waals surface area contributed by atoms with Crippen LogP contribution in [-0.4, -0.2) is 18.0 Å². The van der Waals surface area contributed by atoms with E-state index in [-0.39, 0.29) is 0 Å². The van der Waals surface area contributed by atoms with Crippen molar-refractivity contribution in [2.24, 2.45) is 0 Å². The van der Waals surface area contributed by atoms with E-state index in [1.54, 1.807) is 0 Å². The fourth-order valence-electron chi connectivity index (χ4n) is 2.96. The second-order valence-electron chi connectivity index (χ2n) is 5.43. The van der Waals surface area contributed by atoms with Crippen LogP contribution in [0.5, 0.6) is 0 Å². The lowest BCUT2D eigenvalue weighted by molar-refractivity contribution is 0.344. The Morgan fingerprint density at radius 3 is 2.68 bits per heavy atom. The first kappa shape index (κ1) is 13.9. The molecule has 0 bridgehead atoms. The molecule has 0 aromatic carbocycles. The summed E-state index contributed by atoms with van der Waals surface area (Å²) in [5.74, 6) is 0. The highest BCUT2D eigenvalue weighted by molar-refractivity contribution is 5.51. The van der Waals surface area contributed by atoms with Crippen molar-refractivity contribution in [2.45, 2.75) is 39.5 Å². The maximum Gasteiger partial charge on any atom is 0.0398 e. The van der Waals surface area contributed by atoms with Gasteiger partial charge in [-0.1, -0.05) is 30.9 Å². The molecule has 0 fully saturated rings. The summed E-state index contributed by atoms with van der Waals surface area (Å²) >= 11 is 0. The standard InChI is InChI=1S/C18H25N/c1-5-18-17(8-7-13-19(18)6-2)15(4)16-11-9-14(3)10-12-16/h5,9,11H,1,4,6-8,10,12-13H2,2-3H3. The Bertz CT molecular complexity index is 474. The zero-order valence-corrected chi connectivity index (χ0v) is 12.3. The van der Waals surface area contributed by atoms with Crippen LogP contribution in [0.4, 0.5) is 0 Å². The minimum atomic E-state index is 1.05. The van der Waals surface area contributed by atoms with Gasteiger partial charge in [0.15, 0.2) is 0 Å². The normalized spacial score (nSPS) is 20.0. The van der Waals surface area contributed by atoms with E-state index >= 15 is 0 Å². The zero-order chi connectivity index (χ0) is 13.8. The van der Waals surface area contributed by atoms with Gasteiger partial charge in [-0.25, -0.2) is 0 Å². The molecule has 0 saturated carbocycles. The molecule has 19 heavy (non-hydrogen) atoms. The fourth-order valence-corrected chi connectivity index (χ4v) is 2.96. The Kier molecular flexibility index (Phi) is 4.47. The highest BCUT2D eigenvalue weighted by Gasteiger charge is 2.20. The predicted octanol–water partition coefficient (Wildman–Crippen LogP) is 4.76. The van der Waals surface area contributed by atoms with E-state index in [1.807, 2.05) is 6.08 Å². The van der Waals surface area contributed by atoms with Crippen LogP contribution in [0.3, 0.4) is 0 Å². The summed E-state index contributed by atoms with van der Waals surface area (Å²) in [6.07, 6.45) is 11.1. The van der Waals surface area contributed by atoms with E-state index in [2.05, 4.69) is 44.1 Å². The van der Waals surface area contributed by atoms with E-state index in [0.29, 0.717) is 0 Å². The molecule has 102 valence electrons. The number of allylic oxidation sites excluding steroid dienone is 7. The Morgan fingerprint density at radius 2 is 2.11 bits per heavy atom. The third-order valence-corrected chi connectivity index (χ3v) is 4.19. The van der Waals surface area contributed by atoms with Gasteiger partial charge >= 0.3 is 0 Å². The van der Waals surface area contributed by atoms with Crippen molar-refractivity contribution >= 4 is 0 Å². The van der Waals surface area contributed by atoms with Gasteiger partial charge in [0.25, 0.3) is 0 Å². The first-order chi connectivity index (χ1) is 9.17. The minimum absolute atomic E-state index is 1.05. The van der Waals surface area contributed by atoms with Crippen LogP contribution in [0.2, 0.25) is 0 Å². The monoisotopic (exact) mass is 255 g/mol. The molecule has 0 spiro atoms. The van der Waals surface area contributed by atoms with Crippen LogP contribution in [0.1, 0.15) is 39.5 Å². The topological polar surface area (TPSA) is 3.24 Å². The van der Waals surface area contributed by atoms with E-state index in [4.69, 9.17) is 0 Å². The number of rotatable bonds is 4. The highest BCUT2D eigenvalue weighted by Crippen LogP contribution is 2.34. The van der Waals surface area contributed by atoms with E-state index < -0.39 is 0 Å². The highest BCUT2D eigenvalue weighted by atomic mass is 15.1. The molecule has 2 rings (SSSR count). The molecule has 1 heterocycles. The van der Waals surface area contributed by atoms with Crippen molar-refractivity contribution < 1.29 is 0 Å². The second kappa shape index (κ2) is 6.10. The lowest BCUT2D eigenvalue weighted by Gasteiger charge is -2.33. The second-order valence-corrected chi connectivity index (χ2v) is 5.43. The third kappa shape index (κ3) is 2.91. The van der Waals surface area contributed by atoms with Gasteiger partial charge in [0.2, 0.25) is 0 Å². The van der Waals surface area contributed by atoms with Crippen molar-refractivity contribution in [3.8, 4) is 0 Å². The molecule has 0 N–H and O–H groups in total. The molecule has 0 amide bonds. The molecule has 2 aliphatic rings. The SMILES string of the molecule is C=CC1=C(C(=C)C2=CC=C(C)CC2)CCCN1CC. The van der Waals surface area contributed by atoms with Gasteiger partial charge < -0.3 is 4.90 Å². The van der Waals surface area contributed by atoms with Gasteiger partial charge in [0, 0.05) is 18.8 Å². The van der Waals surface area contributed by atoms with Gasteiger partial charge in [0.05, 0.1) is 0 Å². The third-order valence-electron chi connectivity index (χ3n) is 4.19. The molecular weight excluding hydrogens is 230 g/mol. The number of nitrogens with zero attached hydrogens (tertiary/aromatic N) is 1. The first-order valence-electron chi connectivity index (χ1n) is 7.33. The summed E-state index contributed by atoms with van der Waals surface area (Å²) in [4.78, 5) is 2.42. The van der Waals surface area contributed by atoms with Gasteiger partial charge in [-0.05, 0) is 62.3 Å². The Morgan fingerprint density at radius 1 is 1.32 bits per heavy atom. The molecule has 0 atom stereocenters. The van der Waals surface area contributed by atoms with Crippen LogP contribution in [0.15, 0.2) is 59.4 Å². The van der Waals surface area contributed by atoms with Crippen LogP contribution in [0, 0.1) is 0 Å². The zero-order valence-electron chi connectivity index (χ0n) is 12.3. The molecule has 0 unspecified atom stereocenters. The van der Waals surface area contributed by atoms with Gasteiger partial charge in [-0.3, -0.25) is 0 Å². The van der Waals surface area contributed by atoms with Crippen LogP contribution >= 0.6 is 0 Å². The summed E-state index contributed by atoms with van der Waals surface area (Å²) in [5, 5.41) is 0. The first-order valence-corrected chi connectivity index (χ1v) is 7.33. The summed E-state index contributed by atoms with van der Waals surface area (Å²) in [7, 11) is 0. The Balaban J connectivity index is 2.31. The van der Waals surface area contributed by atoms with E-state index in [0.717, 1.165) is 25.9 Å². The molecule has 0 radical (unpaired) electrons. The fraction of sp³-hybridized carbons (Fsp3) is 0.444. The van der Waals surface area contributed by atoms with Gasteiger partial charge in [0.1, 0.15) is 0 Å². The van der Waals surface area contributed by atoms with Crippen LogP contribution < -0.4 is 0 Å². The molecule has 0 aromatic heterocycles. The summed E-state index contributed by atoms with van der Waals surface area (Å²) in [6.45, 7) is 15.0. The number of hydrogen-bond donors (Lipinski definition) is 0. The smallest absolute Gasteiger partial charge is 0.0398 e.